The van der Waals surface area contributed by atoms with Crippen LogP contribution in [0, 0.1) is 0 Å². The fraction of sp³-hybridized carbons (Fsp3) is 0.593. The zero-order valence-corrected chi connectivity index (χ0v) is 24.4. The number of aliphatic imine (C=N–C) groups is 1. The third-order valence-corrected chi connectivity index (χ3v) is 5.28. The maximum Gasteiger partial charge on any atom is 0.414 e. The zero-order chi connectivity index (χ0) is 30.1. The van der Waals surface area contributed by atoms with Crippen LogP contribution in [-0.2, 0) is 25.4 Å². The minimum absolute atomic E-state index is 0.194. The number of carbonyl (C=O) groups is 4. The molecule has 0 bridgehead atoms. The Morgan fingerprint density at radius 3 is 1.95 bits per heavy atom. The molecule has 1 aromatic carbocycles. The summed E-state index contributed by atoms with van der Waals surface area (Å²) >= 11 is 0. The van der Waals surface area contributed by atoms with E-state index in [-0.39, 0.29) is 18.3 Å². The number of nitrogens with one attached hydrogen (secondary N) is 2. The molecular formula is C27H42N6O7. The highest BCUT2D eigenvalue weighted by Gasteiger charge is 2.28. The normalized spacial score (nSPS) is 14.5. The van der Waals surface area contributed by atoms with Gasteiger partial charge in [0.15, 0.2) is 0 Å². The van der Waals surface area contributed by atoms with Gasteiger partial charge in [-0.3, -0.25) is 15.4 Å². The smallest absolute Gasteiger partial charge is 0.414 e. The van der Waals surface area contributed by atoms with Gasteiger partial charge in [0, 0.05) is 26.2 Å². The van der Waals surface area contributed by atoms with Gasteiger partial charge in [-0.1, -0.05) is 12.1 Å². The van der Waals surface area contributed by atoms with E-state index in [1.807, 2.05) is 0 Å². The van der Waals surface area contributed by atoms with E-state index in [0.29, 0.717) is 38.5 Å². The van der Waals surface area contributed by atoms with Crippen LogP contribution in [0.5, 0.6) is 0 Å². The van der Waals surface area contributed by atoms with Gasteiger partial charge in [-0.05, 0) is 72.6 Å². The average Bonchev–Trinajstić information content (AvgIpc) is 2.81. The molecule has 1 atom stereocenters. The van der Waals surface area contributed by atoms with Crippen LogP contribution in [0.1, 0.15) is 54.0 Å². The van der Waals surface area contributed by atoms with E-state index in [1.54, 1.807) is 82.5 Å². The molecule has 0 saturated carbocycles. The van der Waals surface area contributed by atoms with Crippen LogP contribution in [-0.4, -0.2) is 90.0 Å². The van der Waals surface area contributed by atoms with Crippen molar-refractivity contribution in [3.8, 4) is 0 Å². The summed E-state index contributed by atoms with van der Waals surface area (Å²) in [6.07, 6.45) is -1.78. The lowest BCUT2D eigenvalue weighted by Crippen LogP contribution is -2.54. The first-order valence-corrected chi connectivity index (χ1v) is 13.2. The van der Waals surface area contributed by atoms with Gasteiger partial charge in [0.2, 0.25) is 11.9 Å². The van der Waals surface area contributed by atoms with Crippen molar-refractivity contribution in [2.24, 2.45) is 10.7 Å². The number of benzene rings is 1. The molecule has 0 radical (unpaired) electrons. The van der Waals surface area contributed by atoms with Crippen molar-refractivity contribution in [3.63, 3.8) is 0 Å². The Hall–Kier alpha value is -3.87. The Kier molecular flexibility index (Phi) is 11.3. The molecule has 1 saturated heterocycles. The van der Waals surface area contributed by atoms with Crippen LogP contribution in [0.2, 0.25) is 0 Å². The molecule has 1 aliphatic rings. The van der Waals surface area contributed by atoms with Gasteiger partial charge >= 0.3 is 18.3 Å². The number of alkyl carbamates (subject to hydrolysis) is 2. The topological polar surface area (TPSA) is 165 Å². The Balaban J connectivity index is 2.11. The van der Waals surface area contributed by atoms with Crippen LogP contribution < -0.4 is 16.4 Å². The van der Waals surface area contributed by atoms with Crippen LogP contribution in [0.25, 0.3) is 0 Å². The molecule has 0 unspecified atom stereocenters. The van der Waals surface area contributed by atoms with E-state index in [1.165, 1.54) is 0 Å². The summed E-state index contributed by atoms with van der Waals surface area (Å²) in [5, 5.41) is 4.87. The van der Waals surface area contributed by atoms with Gasteiger partial charge in [-0.15, -0.1) is 0 Å². The van der Waals surface area contributed by atoms with E-state index >= 15 is 0 Å². The van der Waals surface area contributed by atoms with Gasteiger partial charge < -0.3 is 29.7 Å². The number of rotatable bonds is 5. The minimum Gasteiger partial charge on any atom is -0.450 e. The summed E-state index contributed by atoms with van der Waals surface area (Å²) in [6.45, 7) is 13.8. The number of hydrogen-bond donors (Lipinski definition) is 3. The standard InChI is InChI=1S/C27H42N6O7/c1-8-38-25(37)33-14-12-32(13-15-33)21(34)20(28)17-18-10-9-11-19(16-18)29-22(30-23(35)39-26(2,3)4)31-24(36)40-27(5,6)7/h9-11,16,20H,8,12-15,17,28H2,1-7H3,(H2,29,30,31,35,36)/t20-/m0/s1. The second-order valence-electron chi connectivity index (χ2n) is 11.2. The second kappa shape index (κ2) is 14.0. The SMILES string of the molecule is CCOC(=O)N1CCN(C(=O)[C@@H](N)Cc2cccc(N=C(NC(=O)OC(C)(C)C)NC(=O)OC(C)(C)C)c2)CC1. The summed E-state index contributed by atoms with van der Waals surface area (Å²) in [5.74, 6) is -0.420. The highest BCUT2D eigenvalue weighted by molar-refractivity contribution is 6.02. The van der Waals surface area contributed by atoms with Gasteiger partial charge in [-0.25, -0.2) is 19.4 Å². The van der Waals surface area contributed by atoms with E-state index in [9.17, 15) is 19.2 Å². The maximum atomic E-state index is 13.0. The van der Waals surface area contributed by atoms with Crippen LogP contribution in [0.3, 0.4) is 0 Å². The molecule has 0 aliphatic carbocycles. The van der Waals surface area contributed by atoms with E-state index < -0.39 is 35.5 Å². The fourth-order valence-corrected chi connectivity index (χ4v) is 3.67. The van der Waals surface area contributed by atoms with Gasteiger partial charge in [-0.2, -0.15) is 0 Å². The molecule has 2 rings (SSSR count). The molecule has 13 heteroatoms. The van der Waals surface area contributed by atoms with Crippen LogP contribution in [0.15, 0.2) is 29.3 Å². The van der Waals surface area contributed by atoms with Crippen molar-refractivity contribution in [1.29, 1.82) is 0 Å². The number of guanidine groups is 1. The summed E-state index contributed by atoms with van der Waals surface area (Å²) < 4.78 is 15.6. The van der Waals surface area contributed by atoms with Crippen molar-refractivity contribution in [2.45, 2.75) is 72.1 Å². The maximum absolute atomic E-state index is 13.0. The first-order chi connectivity index (χ1) is 18.6. The lowest BCUT2D eigenvalue weighted by atomic mass is 10.0. The van der Waals surface area contributed by atoms with Gasteiger partial charge in [0.05, 0.1) is 18.3 Å². The number of amides is 4. The Bertz CT molecular complexity index is 1050. The van der Waals surface area contributed by atoms with Gasteiger partial charge in [0.25, 0.3) is 0 Å². The van der Waals surface area contributed by atoms with Crippen molar-refractivity contribution in [2.75, 3.05) is 32.8 Å². The number of hydrogen-bond acceptors (Lipinski definition) is 9. The summed E-state index contributed by atoms with van der Waals surface area (Å²) in [6, 6.07) is 6.07. The van der Waals surface area contributed by atoms with E-state index in [2.05, 4.69) is 15.6 Å². The molecule has 1 aromatic rings. The summed E-state index contributed by atoms with van der Waals surface area (Å²) in [7, 11) is 0. The molecular weight excluding hydrogens is 520 g/mol. The summed E-state index contributed by atoms with van der Waals surface area (Å²) in [4.78, 5) is 57.1. The first kappa shape index (κ1) is 32.3. The number of ether oxygens (including phenoxy) is 3. The zero-order valence-electron chi connectivity index (χ0n) is 24.4. The number of nitrogens with two attached hydrogens (primary N) is 1. The number of carbonyl (C=O) groups excluding carboxylic acids is 4. The molecule has 0 aromatic heterocycles. The highest BCUT2D eigenvalue weighted by Crippen LogP contribution is 2.17. The quantitative estimate of drug-likeness (QED) is 0.280. The Morgan fingerprint density at radius 2 is 1.45 bits per heavy atom. The molecule has 1 aliphatic heterocycles. The van der Waals surface area contributed by atoms with Gasteiger partial charge in [0.1, 0.15) is 11.2 Å². The van der Waals surface area contributed by atoms with Crippen molar-refractivity contribution in [3.05, 3.63) is 29.8 Å². The predicted molar refractivity (Wildman–Crippen MR) is 149 cm³/mol. The third kappa shape index (κ3) is 11.5. The Morgan fingerprint density at radius 1 is 0.925 bits per heavy atom. The molecule has 4 amide bonds. The van der Waals surface area contributed by atoms with E-state index in [0.717, 1.165) is 5.56 Å². The highest BCUT2D eigenvalue weighted by atomic mass is 16.6. The molecule has 222 valence electrons. The fourth-order valence-electron chi connectivity index (χ4n) is 3.67. The molecule has 1 fully saturated rings. The van der Waals surface area contributed by atoms with Crippen LogP contribution in [0.4, 0.5) is 20.1 Å². The number of nitrogens with zero attached hydrogens (tertiary/aromatic N) is 3. The lowest BCUT2D eigenvalue weighted by molar-refractivity contribution is -0.134. The molecule has 1 heterocycles. The van der Waals surface area contributed by atoms with Crippen LogP contribution >= 0.6 is 0 Å². The lowest BCUT2D eigenvalue weighted by Gasteiger charge is -2.35. The molecule has 13 nitrogen and oxygen atoms in total. The second-order valence-corrected chi connectivity index (χ2v) is 11.2. The van der Waals surface area contributed by atoms with E-state index in [4.69, 9.17) is 19.9 Å². The third-order valence-electron chi connectivity index (χ3n) is 5.28. The van der Waals surface area contributed by atoms with Crippen molar-refractivity contribution < 1.29 is 33.4 Å². The monoisotopic (exact) mass is 562 g/mol. The van der Waals surface area contributed by atoms with Crippen molar-refractivity contribution in [1.82, 2.24) is 20.4 Å². The summed E-state index contributed by atoms with van der Waals surface area (Å²) in [5.41, 5.74) is 5.82. The van der Waals surface area contributed by atoms with Crippen molar-refractivity contribution >= 4 is 35.8 Å². The first-order valence-electron chi connectivity index (χ1n) is 13.2. The molecule has 40 heavy (non-hydrogen) atoms. The Labute approximate surface area is 235 Å². The predicted octanol–water partition coefficient (Wildman–Crippen LogP) is 2.89. The number of piperazine rings is 1. The molecule has 4 N–H and O–H groups in total. The average molecular weight is 563 g/mol. The molecule has 0 spiro atoms. The largest absolute Gasteiger partial charge is 0.450 e. The minimum atomic E-state index is -0.812.